The molecule has 2 bridgehead atoms. The molecule has 0 radical (unpaired) electrons. The van der Waals surface area contributed by atoms with Crippen LogP contribution >= 0.6 is 23.2 Å². The topological polar surface area (TPSA) is 40.2 Å². The number of nitrogens with zero attached hydrogens (tertiary/aromatic N) is 1. The first-order chi connectivity index (χ1) is 9.65. The number of rotatable bonds is 2. The fourth-order valence-corrected chi connectivity index (χ4v) is 4.54. The van der Waals surface area contributed by atoms with Crippen LogP contribution in [0.3, 0.4) is 0 Å². The molecule has 1 aromatic carbocycles. The molecule has 3 fully saturated rings. The average molecular weight is 336 g/mol. The fraction of sp³-hybridized carbons (Fsp3) is 0.500. The predicted molar refractivity (Wildman–Crippen MR) is 77.1 cm³/mol. The van der Waals surface area contributed by atoms with Crippen LogP contribution < -0.4 is 4.43 Å². The first-order valence-electron chi connectivity index (χ1n) is 6.45. The number of fused-ring (bicyclic) bond motifs is 6. The minimum atomic E-state index is -3.16. The lowest BCUT2D eigenvalue weighted by molar-refractivity contribution is -0.0495. The molecular weight excluding hydrogens is 321 g/mol. The zero-order valence-corrected chi connectivity index (χ0v) is 13.3. The lowest BCUT2D eigenvalue weighted by atomic mass is 10.3. The van der Waals surface area contributed by atoms with Crippen molar-refractivity contribution in [2.45, 2.75) is 0 Å². The molecular formula is C12H15Cl2NO4Si. The summed E-state index contributed by atoms with van der Waals surface area (Å²) in [4.78, 5) is 2.24. The zero-order chi connectivity index (χ0) is 14.0. The van der Waals surface area contributed by atoms with Crippen LogP contribution in [0.15, 0.2) is 18.2 Å². The van der Waals surface area contributed by atoms with Gasteiger partial charge in [-0.05, 0) is 18.2 Å². The minimum absolute atomic E-state index is 0.501. The highest BCUT2D eigenvalue weighted by Crippen LogP contribution is 2.28. The highest BCUT2D eigenvalue weighted by molar-refractivity contribution is 6.54. The molecule has 0 aliphatic carbocycles. The number of halogens is 2. The molecule has 4 rings (SSSR count). The molecule has 0 spiro atoms. The van der Waals surface area contributed by atoms with Gasteiger partial charge in [0.1, 0.15) is 5.75 Å². The van der Waals surface area contributed by atoms with Crippen LogP contribution in [0.5, 0.6) is 5.75 Å². The largest absolute Gasteiger partial charge is 0.749 e. The van der Waals surface area contributed by atoms with Crippen LogP contribution in [0.2, 0.25) is 10.0 Å². The average Bonchev–Trinajstić information content (AvgIpc) is 2.29. The van der Waals surface area contributed by atoms with E-state index in [9.17, 15) is 0 Å². The van der Waals surface area contributed by atoms with Gasteiger partial charge in [-0.1, -0.05) is 23.2 Å². The first-order valence-corrected chi connectivity index (χ1v) is 8.83. The fourth-order valence-electron chi connectivity index (χ4n) is 2.18. The summed E-state index contributed by atoms with van der Waals surface area (Å²) < 4.78 is 23.2. The lowest BCUT2D eigenvalue weighted by Crippen LogP contribution is -2.59. The monoisotopic (exact) mass is 335 g/mol. The van der Waals surface area contributed by atoms with Crippen molar-refractivity contribution < 1.29 is 17.7 Å². The van der Waals surface area contributed by atoms with E-state index in [1.807, 2.05) is 0 Å². The predicted octanol–water partition coefficient (Wildman–Crippen LogP) is 2.19. The Labute approximate surface area is 128 Å². The van der Waals surface area contributed by atoms with Crippen molar-refractivity contribution >= 4 is 32.2 Å². The second kappa shape index (κ2) is 6.19. The third-order valence-electron chi connectivity index (χ3n) is 3.14. The molecule has 8 heteroatoms. The normalized spacial score (nSPS) is 30.4. The summed E-state index contributed by atoms with van der Waals surface area (Å²) in [6, 6.07) is 5.00. The van der Waals surface area contributed by atoms with Crippen molar-refractivity contribution in [2.75, 3.05) is 39.5 Å². The van der Waals surface area contributed by atoms with Gasteiger partial charge in [-0.3, -0.25) is 4.90 Å². The Morgan fingerprint density at radius 1 is 0.900 bits per heavy atom. The van der Waals surface area contributed by atoms with E-state index in [0.717, 1.165) is 19.6 Å². The summed E-state index contributed by atoms with van der Waals surface area (Å²) >= 11 is 12.0. The molecule has 3 aliphatic heterocycles. The molecule has 20 heavy (non-hydrogen) atoms. The van der Waals surface area contributed by atoms with Crippen LogP contribution in [0.1, 0.15) is 0 Å². The number of hydrogen-bond donors (Lipinski definition) is 0. The Bertz CT molecular complexity index is 444. The van der Waals surface area contributed by atoms with Crippen molar-refractivity contribution in [1.82, 2.24) is 4.90 Å². The maximum atomic E-state index is 5.98. The Morgan fingerprint density at radius 3 is 1.90 bits per heavy atom. The van der Waals surface area contributed by atoms with E-state index < -0.39 is 9.05 Å². The zero-order valence-electron chi connectivity index (χ0n) is 10.8. The van der Waals surface area contributed by atoms with Gasteiger partial charge in [0.25, 0.3) is 0 Å². The molecule has 0 unspecified atom stereocenters. The summed E-state index contributed by atoms with van der Waals surface area (Å²) in [5.41, 5.74) is 0. The van der Waals surface area contributed by atoms with E-state index in [1.165, 1.54) is 0 Å². The van der Waals surface area contributed by atoms with Gasteiger partial charge in [0.15, 0.2) is 0 Å². The third kappa shape index (κ3) is 3.45. The van der Waals surface area contributed by atoms with E-state index in [-0.39, 0.29) is 0 Å². The van der Waals surface area contributed by atoms with Gasteiger partial charge in [0.2, 0.25) is 0 Å². The lowest BCUT2D eigenvalue weighted by Gasteiger charge is -2.36. The van der Waals surface area contributed by atoms with Crippen LogP contribution in [-0.4, -0.2) is 53.4 Å². The smallest absolute Gasteiger partial charge is 0.480 e. The molecule has 0 N–H and O–H groups in total. The van der Waals surface area contributed by atoms with Crippen molar-refractivity contribution in [3.63, 3.8) is 0 Å². The Kier molecular flexibility index (Phi) is 4.51. The van der Waals surface area contributed by atoms with Gasteiger partial charge in [-0.2, -0.15) is 0 Å². The van der Waals surface area contributed by atoms with Gasteiger partial charge in [0.05, 0.1) is 19.8 Å². The molecule has 3 aliphatic rings. The molecule has 1 aromatic rings. The summed E-state index contributed by atoms with van der Waals surface area (Å²) in [7, 11) is -3.16. The second-order valence-electron chi connectivity index (χ2n) is 4.59. The third-order valence-corrected chi connectivity index (χ3v) is 5.73. The molecule has 0 aromatic heterocycles. The van der Waals surface area contributed by atoms with E-state index in [4.69, 9.17) is 40.9 Å². The van der Waals surface area contributed by atoms with Crippen molar-refractivity contribution in [3.8, 4) is 5.75 Å². The van der Waals surface area contributed by atoms with E-state index in [0.29, 0.717) is 35.6 Å². The second-order valence-corrected chi connectivity index (χ2v) is 7.54. The molecule has 5 nitrogen and oxygen atoms in total. The standard InChI is InChI=1S/C12H15Cl2NO4Si/c13-10-7-11(14)9-12(8-10)19-20-16-4-1-15(2-5-17-20)3-6-18-20/h7-9H,1-6H2. The summed E-state index contributed by atoms with van der Waals surface area (Å²) in [5.74, 6) is 0.507. The van der Waals surface area contributed by atoms with Gasteiger partial charge in [0, 0.05) is 29.7 Å². The Hall–Kier alpha value is -0.343. The van der Waals surface area contributed by atoms with Crippen LogP contribution in [0, 0.1) is 0 Å². The van der Waals surface area contributed by atoms with Gasteiger partial charge in [-0.15, -0.1) is 0 Å². The highest BCUT2D eigenvalue weighted by atomic mass is 35.5. The molecule has 0 saturated carbocycles. The summed E-state index contributed by atoms with van der Waals surface area (Å²) in [6.07, 6.45) is 0. The molecule has 110 valence electrons. The van der Waals surface area contributed by atoms with Crippen LogP contribution in [0.25, 0.3) is 0 Å². The minimum Gasteiger partial charge on any atom is -0.480 e. The Morgan fingerprint density at radius 2 is 1.40 bits per heavy atom. The SMILES string of the molecule is Clc1cc(Cl)cc(O[Si]23OCCN(CCO2)CCO3)c1. The van der Waals surface area contributed by atoms with Gasteiger partial charge < -0.3 is 17.7 Å². The number of benzene rings is 1. The van der Waals surface area contributed by atoms with E-state index >= 15 is 0 Å². The van der Waals surface area contributed by atoms with E-state index in [1.54, 1.807) is 18.2 Å². The number of hydrogen-bond acceptors (Lipinski definition) is 5. The first kappa shape index (κ1) is 14.6. The summed E-state index contributed by atoms with van der Waals surface area (Å²) in [6.45, 7) is 4.17. The quantitative estimate of drug-likeness (QED) is 0.775. The highest BCUT2D eigenvalue weighted by Gasteiger charge is 2.50. The van der Waals surface area contributed by atoms with Crippen LogP contribution in [0.4, 0.5) is 0 Å². The maximum Gasteiger partial charge on any atom is 0.749 e. The Balaban J connectivity index is 1.81. The molecule has 3 heterocycles. The van der Waals surface area contributed by atoms with E-state index in [2.05, 4.69) is 4.90 Å². The van der Waals surface area contributed by atoms with Crippen LogP contribution in [-0.2, 0) is 13.3 Å². The molecule has 3 saturated heterocycles. The van der Waals surface area contributed by atoms with Crippen molar-refractivity contribution in [2.24, 2.45) is 0 Å². The van der Waals surface area contributed by atoms with Gasteiger partial charge >= 0.3 is 9.05 Å². The maximum absolute atomic E-state index is 5.98. The van der Waals surface area contributed by atoms with Gasteiger partial charge in [-0.25, -0.2) is 0 Å². The molecule has 0 amide bonds. The van der Waals surface area contributed by atoms with Crippen molar-refractivity contribution in [3.05, 3.63) is 28.2 Å². The molecule has 0 atom stereocenters. The van der Waals surface area contributed by atoms with Crippen molar-refractivity contribution in [1.29, 1.82) is 0 Å². The summed E-state index contributed by atoms with van der Waals surface area (Å²) in [5, 5.41) is 1.00.